The van der Waals surface area contributed by atoms with Crippen molar-refractivity contribution in [1.29, 1.82) is 0 Å². The van der Waals surface area contributed by atoms with Crippen molar-refractivity contribution in [1.82, 2.24) is 19.5 Å². The Balaban J connectivity index is 1.67. The summed E-state index contributed by atoms with van der Waals surface area (Å²) in [7, 11) is 3.34. The number of nitrogens with one attached hydrogen (secondary N) is 1. The number of aromatic nitrogens is 3. The molecule has 0 saturated carbocycles. The Hall–Kier alpha value is -2.80. The van der Waals surface area contributed by atoms with Crippen LogP contribution >= 0.6 is 0 Å². The number of likely N-dealkylation sites (tertiary alicyclic amines) is 1. The molecule has 0 radical (unpaired) electrons. The Morgan fingerprint density at radius 3 is 2.76 bits per heavy atom. The standard InChI is InChI=1S/C22H28N4O3/c1-14-15(2)23-21-12-18(24-26(21)22(14)27)19-7-5-6-10-25(19)13-16-8-9-17(28-3)11-20(16)29-4/h8-9,11-12,19,24H,5-7,10,13H2,1-4H3. The van der Waals surface area contributed by atoms with Crippen molar-refractivity contribution in [2.75, 3.05) is 20.8 Å². The van der Waals surface area contributed by atoms with Gasteiger partial charge in [0, 0.05) is 35.5 Å². The Kier molecular flexibility index (Phi) is 5.32. The molecule has 1 aliphatic rings. The topological polar surface area (TPSA) is 71.9 Å². The van der Waals surface area contributed by atoms with Crippen molar-refractivity contribution in [2.45, 2.75) is 45.7 Å². The van der Waals surface area contributed by atoms with Crippen LogP contribution in [0.15, 0.2) is 29.1 Å². The molecule has 154 valence electrons. The van der Waals surface area contributed by atoms with Gasteiger partial charge in [-0.1, -0.05) is 12.5 Å². The fourth-order valence-electron chi connectivity index (χ4n) is 4.14. The smallest absolute Gasteiger partial charge is 0.275 e. The monoisotopic (exact) mass is 396 g/mol. The number of aromatic amines is 1. The summed E-state index contributed by atoms with van der Waals surface area (Å²) in [6.07, 6.45) is 3.36. The van der Waals surface area contributed by atoms with E-state index in [1.165, 1.54) is 0 Å². The molecule has 7 nitrogen and oxygen atoms in total. The molecule has 1 atom stereocenters. The van der Waals surface area contributed by atoms with Crippen molar-refractivity contribution in [3.63, 3.8) is 0 Å². The van der Waals surface area contributed by atoms with Gasteiger partial charge in [-0.15, -0.1) is 0 Å². The quantitative estimate of drug-likeness (QED) is 0.716. The lowest BCUT2D eigenvalue weighted by Crippen LogP contribution is -2.33. The first-order valence-corrected chi connectivity index (χ1v) is 10.1. The van der Waals surface area contributed by atoms with Crippen LogP contribution in [0.1, 0.15) is 47.8 Å². The second-order valence-electron chi connectivity index (χ2n) is 7.69. The van der Waals surface area contributed by atoms with Gasteiger partial charge in [-0.05, 0) is 39.3 Å². The van der Waals surface area contributed by atoms with Gasteiger partial charge in [-0.3, -0.25) is 14.8 Å². The van der Waals surface area contributed by atoms with Gasteiger partial charge < -0.3 is 9.47 Å². The molecule has 29 heavy (non-hydrogen) atoms. The predicted octanol–water partition coefficient (Wildman–Crippen LogP) is 3.38. The highest BCUT2D eigenvalue weighted by molar-refractivity contribution is 5.43. The number of fused-ring (bicyclic) bond motifs is 1. The zero-order valence-corrected chi connectivity index (χ0v) is 17.5. The normalized spacial score (nSPS) is 17.6. The predicted molar refractivity (Wildman–Crippen MR) is 112 cm³/mol. The Labute approximate surface area is 170 Å². The van der Waals surface area contributed by atoms with Crippen molar-refractivity contribution in [3.8, 4) is 11.5 Å². The van der Waals surface area contributed by atoms with Crippen LogP contribution in [0, 0.1) is 13.8 Å². The summed E-state index contributed by atoms with van der Waals surface area (Å²) >= 11 is 0. The molecule has 7 heteroatoms. The Morgan fingerprint density at radius 1 is 1.17 bits per heavy atom. The van der Waals surface area contributed by atoms with Crippen LogP contribution in [0.5, 0.6) is 11.5 Å². The number of H-pyrrole nitrogens is 1. The van der Waals surface area contributed by atoms with Gasteiger partial charge in [0.25, 0.3) is 5.56 Å². The van der Waals surface area contributed by atoms with Gasteiger partial charge in [0.1, 0.15) is 11.5 Å². The second kappa shape index (κ2) is 7.91. The highest BCUT2D eigenvalue weighted by Gasteiger charge is 2.27. The zero-order chi connectivity index (χ0) is 20.5. The van der Waals surface area contributed by atoms with E-state index >= 15 is 0 Å². The van der Waals surface area contributed by atoms with Crippen LogP contribution in [0.25, 0.3) is 5.65 Å². The van der Waals surface area contributed by atoms with Crippen LogP contribution in [0.4, 0.5) is 0 Å². The highest BCUT2D eigenvalue weighted by atomic mass is 16.5. The maximum atomic E-state index is 12.6. The summed E-state index contributed by atoms with van der Waals surface area (Å²) < 4.78 is 12.5. The molecular formula is C22H28N4O3. The lowest BCUT2D eigenvalue weighted by Gasteiger charge is -2.35. The number of piperidine rings is 1. The molecule has 0 amide bonds. The maximum absolute atomic E-state index is 12.6. The molecule has 3 aromatic rings. The van der Waals surface area contributed by atoms with Gasteiger partial charge in [-0.25, -0.2) is 9.50 Å². The minimum atomic E-state index is -0.0297. The van der Waals surface area contributed by atoms with Gasteiger partial charge in [0.15, 0.2) is 5.65 Å². The first-order chi connectivity index (χ1) is 14.0. The number of hydrogen-bond donors (Lipinski definition) is 1. The van der Waals surface area contributed by atoms with E-state index in [9.17, 15) is 4.79 Å². The van der Waals surface area contributed by atoms with E-state index in [4.69, 9.17) is 9.47 Å². The lowest BCUT2D eigenvalue weighted by molar-refractivity contribution is 0.135. The molecule has 1 aromatic carbocycles. The molecule has 0 aliphatic carbocycles. The number of benzene rings is 1. The number of rotatable bonds is 5. The van der Waals surface area contributed by atoms with E-state index in [1.54, 1.807) is 18.7 Å². The number of hydrogen-bond acceptors (Lipinski definition) is 5. The van der Waals surface area contributed by atoms with Crippen LogP contribution < -0.4 is 15.0 Å². The van der Waals surface area contributed by atoms with E-state index in [2.05, 4.69) is 21.0 Å². The number of methoxy groups -OCH3 is 2. The van der Waals surface area contributed by atoms with Crippen LogP contribution in [-0.2, 0) is 6.54 Å². The van der Waals surface area contributed by atoms with E-state index in [0.29, 0.717) is 11.2 Å². The molecular weight excluding hydrogens is 368 g/mol. The summed E-state index contributed by atoms with van der Waals surface area (Å²) in [6.45, 7) is 5.47. The molecule has 4 rings (SSSR count). The molecule has 0 spiro atoms. The molecule has 1 fully saturated rings. The van der Waals surface area contributed by atoms with Crippen LogP contribution in [0.2, 0.25) is 0 Å². The van der Waals surface area contributed by atoms with Crippen molar-refractivity contribution < 1.29 is 9.47 Å². The molecule has 1 aliphatic heterocycles. The fourth-order valence-corrected chi connectivity index (χ4v) is 4.14. The minimum absolute atomic E-state index is 0.0297. The van der Waals surface area contributed by atoms with E-state index < -0.39 is 0 Å². The molecule has 1 N–H and O–H groups in total. The molecule has 2 aromatic heterocycles. The zero-order valence-electron chi connectivity index (χ0n) is 17.5. The lowest BCUT2D eigenvalue weighted by atomic mass is 9.98. The number of nitrogens with zero attached hydrogens (tertiary/aromatic N) is 3. The maximum Gasteiger partial charge on any atom is 0.275 e. The van der Waals surface area contributed by atoms with Gasteiger partial charge in [-0.2, -0.15) is 0 Å². The van der Waals surface area contributed by atoms with Crippen LogP contribution in [-0.4, -0.2) is 40.3 Å². The van der Waals surface area contributed by atoms with Crippen LogP contribution in [0.3, 0.4) is 0 Å². The molecule has 1 unspecified atom stereocenters. The van der Waals surface area contributed by atoms with Gasteiger partial charge in [0.05, 0.1) is 26.0 Å². The average molecular weight is 396 g/mol. The third-order valence-electron chi connectivity index (χ3n) is 5.94. The SMILES string of the molecule is COc1ccc(CN2CCCCC2c2cc3nc(C)c(C)c(=O)n3[nH]2)c(OC)c1. The van der Waals surface area contributed by atoms with Crippen molar-refractivity contribution in [2.24, 2.45) is 0 Å². The molecule has 0 bridgehead atoms. The van der Waals surface area contributed by atoms with Crippen molar-refractivity contribution in [3.05, 3.63) is 57.1 Å². The first-order valence-electron chi connectivity index (χ1n) is 10.1. The van der Waals surface area contributed by atoms with E-state index in [0.717, 1.165) is 60.8 Å². The number of aryl methyl sites for hydroxylation is 1. The highest BCUT2D eigenvalue weighted by Crippen LogP contribution is 2.34. The summed E-state index contributed by atoms with van der Waals surface area (Å²) in [4.78, 5) is 19.6. The number of ether oxygens (including phenoxy) is 2. The fraction of sp³-hybridized carbons (Fsp3) is 0.455. The average Bonchev–Trinajstić information content (AvgIpc) is 3.16. The second-order valence-corrected chi connectivity index (χ2v) is 7.69. The van der Waals surface area contributed by atoms with Gasteiger partial charge in [0.2, 0.25) is 0 Å². The van der Waals surface area contributed by atoms with Gasteiger partial charge >= 0.3 is 0 Å². The van der Waals surface area contributed by atoms with Crippen molar-refractivity contribution >= 4 is 5.65 Å². The Bertz CT molecular complexity index is 1090. The molecule has 1 saturated heterocycles. The third kappa shape index (κ3) is 3.62. The van der Waals surface area contributed by atoms with E-state index in [1.807, 2.05) is 32.0 Å². The summed E-state index contributed by atoms with van der Waals surface area (Å²) in [5.74, 6) is 1.61. The summed E-state index contributed by atoms with van der Waals surface area (Å²) in [5.41, 5.74) is 4.27. The minimum Gasteiger partial charge on any atom is -0.497 e. The Morgan fingerprint density at radius 2 is 2.00 bits per heavy atom. The van der Waals surface area contributed by atoms with E-state index in [-0.39, 0.29) is 11.6 Å². The first kappa shape index (κ1) is 19.5. The molecule has 3 heterocycles. The summed E-state index contributed by atoms with van der Waals surface area (Å²) in [5, 5.41) is 3.31. The largest absolute Gasteiger partial charge is 0.497 e. The summed E-state index contributed by atoms with van der Waals surface area (Å²) in [6, 6.07) is 8.17. The third-order valence-corrected chi connectivity index (χ3v) is 5.94.